The summed E-state index contributed by atoms with van der Waals surface area (Å²) in [5.41, 5.74) is 4.18. The normalized spacial score (nSPS) is 32.3. The van der Waals surface area contributed by atoms with Crippen LogP contribution in [0.15, 0.2) is 158 Å². The third kappa shape index (κ3) is 41.0. The Labute approximate surface area is 860 Å². The van der Waals surface area contributed by atoms with Crippen molar-refractivity contribution in [1.29, 1.82) is 0 Å². The van der Waals surface area contributed by atoms with Gasteiger partial charge in [-0.25, -0.2) is 67.5 Å². The molecule has 0 aromatic rings. The lowest BCUT2D eigenvalue weighted by atomic mass is 9.83. The second kappa shape index (κ2) is 50.4. The second-order valence-electron chi connectivity index (χ2n) is 39.3. The third-order valence-electron chi connectivity index (χ3n) is 24.3. The molecule has 29 unspecified atom stereocenters. The molecule has 2 saturated heterocycles. The SMILES string of the molecule is C=C1C=C(C)C=CN1C1CC(COP(=O)(O)OP(=O)(O)OP(C)(=O)O)C(O)C1(C)C.C=C1C=CN(C2OC(COP(=O)(O)OP(=O)(O)OP(=O)(O)O)C(O)C2(C)C)C(=C)C1.C=C1C=CN(C2OC(COP(=O)(O)OP(=O)(O)OP(C)(=O)O)C(O)C2(C)C)C(=C)C1.C=C1CCC(C)=CN1C1CC(COP(=O)(O)OP(=O)(O)OP(C)(=O)O)C(O)C1(C)C.C=C1CCC=CN1C1CC(COP(=O)(O)OP(=O)(O)OP(C)(=O)O)C(O)C1(C)C. The highest BCUT2D eigenvalue weighted by molar-refractivity contribution is 7.70. The van der Waals surface area contributed by atoms with Crippen molar-refractivity contribution in [3.63, 3.8) is 0 Å². The molecule has 5 fully saturated rings. The summed E-state index contributed by atoms with van der Waals surface area (Å²) in [5, 5.41) is 53.5. The Morgan fingerprint density at radius 1 is 0.329 bits per heavy atom. The minimum absolute atomic E-state index is 0.137. The monoisotopic (exact) mass is 2430 g/mol. The minimum atomic E-state index is -5.63. The van der Waals surface area contributed by atoms with Crippen LogP contribution in [0, 0.1) is 44.8 Å². The molecule has 0 spiro atoms. The van der Waals surface area contributed by atoms with E-state index in [0.29, 0.717) is 70.2 Å². The van der Waals surface area contributed by atoms with Crippen LogP contribution in [0.1, 0.15) is 141 Å². The van der Waals surface area contributed by atoms with Crippen molar-refractivity contribution in [2.24, 2.45) is 44.8 Å². The number of aliphatic hydroxyl groups is 5. The Balaban J connectivity index is 0.000000284. The summed E-state index contributed by atoms with van der Waals surface area (Å²) in [7, 11) is -76.2. The quantitative estimate of drug-likeness (QED) is 0.0253. The summed E-state index contributed by atoms with van der Waals surface area (Å²) in [6, 6.07) is -0.474. The van der Waals surface area contributed by atoms with Crippen molar-refractivity contribution in [3.8, 4) is 0 Å². The van der Waals surface area contributed by atoms with E-state index in [4.69, 9.17) is 52.4 Å². The fraction of sp³-hybridized carbons (Fsp3) is 0.658. The summed E-state index contributed by atoms with van der Waals surface area (Å²) >= 11 is 0. The van der Waals surface area contributed by atoms with Gasteiger partial charge in [-0.15, -0.1) is 0 Å². The zero-order valence-electron chi connectivity index (χ0n) is 83.7. The van der Waals surface area contributed by atoms with Gasteiger partial charge in [0.05, 0.1) is 63.6 Å². The van der Waals surface area contributed by atoms with Gasteiger partial charge in [0.1, 0.15) is 24.7 Å². The Bertz CT molecular complexity index is 5780. The van der Waals surface area contributed by atoms with Gasteiger partial charge in [-0.1, -0.05) is 127 Å². The molecule has 3 saturated carbocycles. The van der Waals surface area contributed by atoms with E-state index >= 15 is 0 Å². The van der Waals surface area contributed by atoms with Gasteiger partial charge in [0.25, 0.3) is 0 Å². The topological polar surface area (TPSA) is 854 Å². The molecule has 0 aromatic heterocycles. The summed E-state index contributed by atoms with van der Waals surface area (Å²) < 4.78 is 247. The van der Waals surface area contributed by atoms with Crippen LogP contribution in [0.4, 0.5) is 0 Å². The summed E-state index contributed by atoms with van der Waals surface area (Å²) in [6.45, 7) is 49.3. The number of nitrogens with zero attached hydrogens (tertiary/aromatic N) is 5. The molecule has 7 aliphatic heterocycles. The largest absolute Gasteiger partial charge is 0.490 e. The van der Waals surface area contributed by atoms with Gasteiger partial charge in [0.2, 0.25) is 0 Å². The molecular weight excluding hydrogens is 2300 g/mol. The van der Waals surface area contributed by atoms with Crippen LogP contribution >= 0.6 is 116 Å². The number of hydrogen-bond donors (Lipinski definition) is 21. The number of phosphoric ester groups is 5. The van der Waals surface area contributed by atoms with E-state index in [2.05, 4.69) is 98.2 Å². The van der Waals surface area contributed by atoms with Gasteiger partial charge in [-0.3, -0.25) is 40.9 Å². The first-order valence-electron chi connectivity index (χ1n) is 44.1. The third-order valence-corrected chi connectivity index (χ3v) is 44.8. The van der Waals surface area contributed by atoms with Gasteiger partial charge in [0, 0.05) is 162 Å². The number of aliphatic hydroxyl groups excluding tert-OH is 5. The highest BCUT2D eigenvalue weighted by Gasteiger charge is 2.60. The van der Waals surface area contributed by atoms with Crippen LogP contribution in [-0.2, 0) is 144 Å². The summed E-state index contributed by atoms with van der Waals surface area (Å²) in [5.74, 6) is -1.75. The molecule has 3 aliphatic carbocycles. The predicted molar refractivity (Wildman–Crippen MR) is 531 cm³/mol. The molecule has 21 N–H and O–H groups in total. The van der Waals surface area contributed by atoms with Crippen LogP contribution in [0.25, 0.3) is 0 Å². The Morgan fingerprint density at radius 2 is 0.611 bits per heavy atom. The number of ether oxygens (including phenoxy) is 2. The van der Waals surface area contributed by atoms with E-state index < -0.39 is 249 Å². The molecule has 0 radical (unpaired) electrons. The Kier molecular flexibility index (Phi) is 45.8. The van der Waals surface area contributed by atoms with E-state index in [1.807, 2.05) is 107 Å². The Hall–Kier alpha value is -2.45. The van der Waals surface area contributed by atoms with E-state index in [1.165, 1.54) is 5.57 Å². The van der Waals surface area contributed by atoms with Crippen molar-refractivity contribution >= 4 is 116 Å². The maximum atomic E-state index is 12.0. The molecule has 10 aliphatic rings. The zero-order chi connectivity index (χ0) is 115. The molecule has 858 valence electrons. The fourth-order valence-corrected chi connectivity index (χ4v) is 34.5. The number of rotatable bonds is 40. The van der Waals surface area contributed by atoms with Crippen LogP contribution in [-0.4, -0.2) is 261 Å². The second-order valence-corrected chi connectivity index (χ2v) is 63.9. The molecule has 7 heterocycles. The average molecular weight is 2430 g/mol. The molecule has 0 bridgehead atoms. The fourth-order valence-electron chi connectivity index (χ4n) is 17.4. The maximum absolute atomic E-state index is 12.0. The highest BCUT2D eigenvalue weighted by Crippen LogP contribution is 2.72. The maximum Gasteiger partial charge on any atom is 0.490 e. The van der Waals surface area contributed by atoms with Gasteiger partial charge in [-0.2, -0.15) is 25.9 Å². The first-order chi connectivity index (χ1) is 66.8. The van der Waals surface area contributed by atoms with Crippen molar-refractivity contribution in [3.05, 3.63) is 158 Å². The number of hydrogen-bond acceptors (Lipinski definition) is 42. The number of phosphoric acid groups is 11. The van der Waals surface area contributed by atoms with Crippen molar-refractivity contribution in [2.45, 2.75) is 214 Å². The molecule has 58 nitrogen and oxygen atoms in total. The Morgan fingerprint density at radius 3 is 0.899 bits per heavy atom. The highest BCUT2D eigenvalue weighted by atomic mass is 31.3. The first-order valence-corrected chi connectivity index (χ1v) is 68.7. The minimum Gasteiger partial charge on any atom is -0.392 e. The van der Waals surface area contributed by atoms with Gasteiger partial charge in [-0.05, 0) is 99.8 Å². The van der Waals surface area contributed by atoms with Gasteiger partial charge < -0.3 is 138 Å². The zero-order valence-corrected chi connectivity index (χ0v) is 97.1. The molecule has 29 atom stereocenters. The molecule has 73 heteroatoms. The van der Waals surface area contributed by atoms with Crippen LogP contribution in [0.2, 0.25) is 0 Å². The lowest BCUT2D eigenvalue weighted by molar-refractivity contribution is -0.0670. The van der Waals surface area contributed by atoms with E-state index in [9.17, 15) is 143 Å². The van der Waals surface area contributed by atoms with Gasteiger partial charge in [0.15, 0.2) is 0 Å². The van der Waals surface area contributed by atoms with Crippen LogP contribution < -0.4 is 0 Å². The molecule has 149 heavy (non-hydrogen) atoms. The lowest BCUT2D eigenvalue weighted by Crippen LogP contribution is -2.44. The summed E-state index contributed by atoms with van der Waals surface area (Å²) in [4.78, 5) is 157. The van der Waals surface area contributed by atoms with Crippen LogP contribution in [0.5, 0.6) is 0 Å². The molecular formula is C76H136N5O53P15. The standard InChI is InChI=1S/C16H30NO10P3.C16H28NO10P3.C15H26NO11P3.C15H28NO10P3.C14H24NO12P3/c1-11-6-7-12(2)17(9-11)14-8-13(15(18)16(14,3)4)10-25-29(21,22)27-30(23,24)26-28(5,19)20;1-11-6-7-17(12(2)8-11)14-9-13(15(18)16(14,3)4)10-25-29(21,22)27-30(23,24)26-28(5,19)20;1-10-6-7-16(11(2)8-10)14-15(3,4)13(17)12(25-14)9-24-29(20,21)27-30(22,23)26-28(5,18)19;1-11-7-5-6-8-16(11)13-9-12(14(17)15(13,2)3)10-24-28(20,21)26-29(22,23)25-27(4,18)19;1-9-5-6-15(10(2)7-9)13-14(3,4)12(16)11(25-13)8-24-29(20,21)27-30(22,23)26-28(17,18)19/h9,13-15,18H,2,6-8,10H2,1,3-5H3,(H,19,20)(H,21,22)(H,23,24);6-8,13-15,18H,2,9-10H2,1,3-5H3,(H,19,20)(H,21,22)(H,23,24);6-7,12-14,17H,1-2,8-9H2,3-5H3,(H,18,19)(H,20,21)(H,22,23);6,8,12-14,17H,1,5,7,9-10H2,2-4H3,(H,18,19)(H,20,21)(H,22,23);5-6,11-13,16H,1-2,7-8H2,3-4H3,(H,20,21)(H,22,23)(H2,17,18,19). The van der Waals surface area contributed by atoms with E-state index in [1.54, 1.807) is 62.0 Å². The molecule has 10 rings (SSSR count). The van der Waals surface area contributed by atoms with E-state index in [-0.39, 0.29) is 18.1 Å². The van der Waals surface area contributed by atoms with Crippen LogP contribution in [0.3, 0.4) is 0 Å². The number of allylic oxidation sites excluding steroid dienone is 11. The predicted octanol–water partition coefficient (Wildman–Crippen LogP) is 13.6. The van der Waals surface area contributed by atoms with Gasteiger partial charge >= 0.3 is 116 Å². The van der Waals surface area contributed by atoms with Crippen molar-refractivity contribution in [1.82, 2.24) is 24.5 Å². The first kappa shape index (κ1) is 135. The smallest absolute Gasteiger partial charge is 0.392 e. The summed E-state index contributed by atoms with van der Waals surface area (Å²) in [6.07, 6.45) is 15.3. The lowest BCUT2D eigenvalue weighted by Gasteiger charge is -2.41. The average Bonchev–Trinajstić information content (AvgIpc) is 1.63. The molecule has 0 aromatic carbocycles. The van der Waals surface area contributed by atoms with E-state index in [0.717, 1.165) is 59.5 Å². The van der Waals surface area contributed by atoms with Crippen molar-refractivity contribution in [2.75, 3.05) is 59.7 Å². The molecule has 0 amide bonds. The van der Waals surface area contributed by atoms with Crippen molar-refractivity contribution < 1.29 is 248 Å².